The van der Waals surface area contributed by atoms with Crippen LogP contribution in [0.2, 0.25) is 0 Å². The first-order valence-electron chi connectivity index (χ1n) is 22.0. The maximum atomic E-state index is 14.9. The number of aromatic nitrogens is 3. The van der Waals surface area contributed by atoms with E-state index in [1.807, 2.05) is 79.3 Å². The molecule has 0 bridgehead atoms. The highest BCUT2D eigenvalue weighted by atomic mass is 19.1. The van der Waals surface area contributed by atoms with Crippen LogP contribution in [-0.2, 0) is 35.5 Å². The molecular formula is C57H52FN3O. The molecular weight excluding hydrogens is 762 g/mol. The normalized spacial score (nSPS) is 12.5. The van der Waals surface area contributed by atoms with Gasteiger partial charge in [-0.3, -0.25) is 15.0 Å². The zero-order valence-corrected chi connectivity index (χ0v) is 36.3. The monoisotopic (exact) mass is 814 g/mol. The number of para-hydroxylation sites is 2. The number of halogens is 1. The Bertz CT molecular complexity index is 2930. The zero-order valence-electron chi connectivity index (χ0n) is 37.3. The molecule has 4 nitrogen and oxygen atoms in total. The SMILES string of the molecule is [2H]c1ccc2c(oc3c(-c4ccc(C(C)(C)Cc5cc(CC(C)(C)c6ccc(-c7ccccc7)nc6)cc(CC(C)(C)c6ccc(-c7ccccc7)nc6)c5)cn4)cccc32)c1F. The molecule has 9 rings (SSSR count). The van der Waals surface area contributed by atoms with Gasteiger partial charge in [0, 0.05) is 46.1 Å². The number of rotatable bonds is 12. The highest BCUT2D eigenvalue weighted by molar-refractivity contribution is 6.09. The number of pyridine rings is 3. The summed E-state index contributed by atoms with van der Waals surface area (Å²) in [5.74, 6) is -0.650. The highest BCUT2D eigenvalue weighted by Gasteiger charge is 2.28. The second kappa shape index (κ2) is 16.3. The number of hydrogen-bond donors (Lipinski definition) is 0. The Hall–Kier alpha value is -6.72. The van der Waals surface area contributed by atoms with Crippen molar-refractivity contribution in [2.75, 3.05) is 0 Å². The van der Waals surface area contributed by atoms with Crippen molar-refractivity contribution in [3.63, 3.8) is 0 Å². The third-order valence-electron chi connectivity index (χ3n) is 12.5. The first kappa shape index (κ1) is 39.4. The molecule has 9 aromatic rings. The van der Waals surface area contributed by atoms with E-state index >= 15 is 0 Å². The summed E-state index contributed by atoms with van der Waals surface area (Å²) in [5, 5.41) is 1.46. The van der Waals surface area contributed by atoms with Gasteiger partial charge in [-0.25, -0.2) is 4.39 Å². The maximum absolute atomic E-state index is 14.9. The van der Waals surface area contributed by atoms with Crippen molar-refractivity contribution < 1.29 is 10.2 Å². The van der Waals surface area contributed by atoms with Gasteiger partial charge < -0.3 is 4.42 Å². The Balaban J connectivity index is 1.02. The van der Waals surface area contributed by atoms with Crippen LogP contribution < -0.4 is 0 Å². The molecule has 4 heterocycles. The largest absolute Gasteiger partial charge is 0.452 e. The molecule has 308 valence electrons. The van der Waals surface area contributed by atoms with Crippen molar-refractivity contribution in [2.24, 2.45) is 0 Å². The van der Waals surface area contributed by atoms with Gasteiger partial charge in [0.2, 0.25) is 0 Å². The number of hydrogen-bond acceptors (Lipinski definition) is 4. The van der Waals surface area contributed by atoms with Crippen LogP contribution in [0.4, 0.5) is 4.39 Å². The van der Waals surface area contributed by atoms with E-state index in [4.69, 9.17) is 20.7 Å². The molecule has 5 aromatic carbocycles. The average Bonchev–Trinajstić information content (AvgIpc) is 3.67. The molecule has 0 unspecified atom stereocenters. The second-order valence-electron chi connectivity index (χ2n) is 18.7. The summed E-state index contributed by atoms with van der Waals surface area (Å²) >= 11 is 0. The predicted molar refractivity (Wildman–Crippen MR) is 253 cm³/mol. The Morgan fingerprint density at radius 3 is 1.32 bits per heavy atom. The summed E-state index contributed by atoms with van der Waals surface area (Å²) in [6, 6.07) is 49.6. The first-order valence-corrected chi connectivity index (χ1v) is 21.5. The Kier molecular flexibility index (Phi) is 10.4. The fourth-order valence-corrected chi connectivity index (χ4v) is 9.02. The van der Waals surface area contributed by atoms with Gasteiger partial charge in [-0.1, -0.05) is 163 Å². The van der Waals surface area contributed by atoms with Gasteiger partial charge >= 0.3 is 0 Å². The molecule has 0 radical (unpaired) electrons. The van der Waals surface area contributed by atoms with E-state index in [9.17, 15) is 4.39 Å². The quantitative estimate of drug-likeness (QED) is 0.123. The Labute approximate surface area is 366 Å². The molecule has 0 aliphatic carbocycles. The van der Waals surface area contributed by atoms with E-state index in [2.05, 4.69) is 114 Å². The summed E-state index contributed by atoms with van der Waals surface area (Å²) in [7, 11) is 0. The third-order valence-corrected chi connectivity index (χ3v) is 12.5. The van der Waals surface area contributed by atoms with Crippen LogP contribution in [0.1, 0.15) is 76.3 Å². The van der Waals surface area contributed by atoms with Crippen molar-refractivity contribution in [2.45, 2.75) is 77.0 Å². The van der Waals surface area contributed by atoms with Gasteiger partial charge in [-0.2, -0.15) is 0 Å². The van der Waals surface area contributed by atoms with Crippen molar-refractivity contribution in [1.29, 1.82) is 0 Å². The number of nitrogens with zero attached hydrogens (tertiary/aromatic N) is 3. The minimum Gasteiger partial charge on any atom is -0.452 e. The van der Waals surface area contributed by atoms with E-state index < -0.39 is 5.82 Å². The predicted octanol–water partition coefficient (Wildman–Crippen LogP) is 14.5. The smallest absolute Gasteiger partial charge is 0.171 e. The van der Waals surface area contributed by atoms with Crippen LogP contribution in [0.3, 0.4) is 0 Å². The topological polar surface area (TPSA) is 51.8 Å². The fourth-order valence-electron chi connectivity index (χ4n) is 9.02. The lowest BCUT2D eigenvalue weighted by Crippen LogP contribution is -2.24. The molecule has 4 aromatic heterocycles. The van der Waals surface area contributed by atoms with Gasteiger partial charge in [-0.15, -0.1) is 0 Å². The minimum absolute atomic E-state index is 0.103. The van der Waals surface area contributed by atoms with E-state index in [0.29, 0.717) is 11.0 Å². The summed E-state index contributed by atoms with van der Waals surface area (Å²) in [6.07, 6.45) is 8.57. The summed E-state index contributed by atoms with van der Waals surface area (Å²) in [5.41, 5.74) is 13.2. The van der Waals surface area contributed by atoms with Gasteiger partial charge in [-0.05, 0) is 99.2 Å². The minimum atomic E-state index is -0.650. The molecule has 0 saturated heterocycles. The van der Waals surface area contributed by atoms with Crippen molar-refractivity contribution in [3.05, 3.63) is 209 Å². The number of benzene rings is 5. The van der Waals surface area contributed by atoms with Crippen molar-refractivity contribution in [3.8, 4) is 33.8 Å². The molecule has 0 fully saturated rings. The lowest BCUT2D eigenvalue weighted by atomic mass is 9.75. The van der Waals surface area contributed by atoms with Gasteiger partial charge in [0.15, 0.2) is 11.4 Å². The van der Waals surface area contributed by atoms with Crippen molar-refractivity contribution >= 4 is 21.9 Å². The van der Waals surface area contributed by atoms with Crippen molar-refractivity contribution in [1.82, 2.24) is 15.0 Å². The van der Waals surface area contributed by atoms with Crippen LogP contribution >= 0.6 is 0 Å². The van der Waals surface area contributed by atoms with Crippen LogP contribution in [0.25, 0.3) is 55.7 Å². The van der Waals surface area contributed by atoms with Gasteiger partial charge in [0.05, 0.1) is 18.5 Å². The Morgan fingerprint density at radius 1 is 0.468 bits per heavy atom. The molecule has 0 amide bonds. The van der Waals surface area contributed by atoms with Gasteiger partial charge in [0.1, 0.15) is 5.58 Å². The van der Waals surface area contributed by atoms with Gasteiger partial charge in [0.25, 0.3) is 0 Å². The molecule has 0 aliphatic heterocycles. The lowest BCUT2D eigenvalue weighted by molar-refractivity contribution is 0.505. The fraction of sp³-hybridized carbons (Fsp3) is 0.211. The Morgan fingerprint density at radius 2 is 0.887 bits per heavy atom. The standard InChI is InChI=1S/C57H52FN3O/c1-55(2,43-23-26-50(59-35-43)41-15-9-7-10-16-41)32-38-29-39(33-56(3,4)44-24-27-51(60-36-44)42-17-11-8-12-18-42)31-40(30-38)34-57(5,6)45-25-28-52(61-37-45)48-21-13-19-46-47-20-14-22-49(58)54(47)62-53(46)48/h7-31,35-37H,32-34H2,1-6H3/i22D. The molecule has 0 aliphatic rings. The van der Waals surface area contributed by atoms with Crippen LogP contribution in [0.15, 0.2) is 175 Å². The van der Waals surface area contributed by atoms with E-state index in [0.717, 1.165) is 64.0 Å². The summed E-state index contributed by atoms with van der Waals surface area (Å²) in [4.78, 5) is 14.8. The average molecular weight is 815 g/mol. The molecule has 0 atom stereocenters. The maximum Gasteiger partial charge on any atom is 0.171 e. The third kappa shape index (κ3) is 8.32. The number of furan rings is 1. The van der Waals surface area contributed by atoms with E-state index in [1.165, 1.54) is 33.9 Å². The van der Waals surface area contributed by atoms with Crippen LogP contribution in [-0.4, -0.2) is 15.0 Å². The molecule has 5 heteroatoms. The number of fused-ring (bicyclic) bond motifs is 3. The highest BCUT2D eigenvalue weighted by Crippen LogP contribution is 2.38. The lowest BCUT2D eigenvalue weighted by Gasteiger charge is -2.30. The molecule has 62 heavy (non-hydrogen) atoms. The zero-order chi connectivity index (χ0) is 43.9. The van der Waals surface area contributed by atoms with Crippen LogP contribution in [0, 0.1) is 5.82 Å². The van der Waals surface area contributed by atoms with Crippen LogP contribution in [0.5, 0.6) is 0 Å². The molecule has 0 saturated carbocycles. The summed E-state index contributed by atoms with van der Waals surface area (Å²) in [6.45, 7) is 13.8. The van der Waals surface area contributed by atoms with E-state index in [-0.39, 0.29) is 27.9 Å². The summed E-state index contributed by atoms with van der Waals surface area (Å²) < 4.78 is 28.9. The van der Waals surface area contributed by atoms with E-state index in [1.54, 1.807) is 6.07 Å². The second-order valence-corrected chi connectivity index (χ2v) is 18.7. The first-order chi connectivity index (χ1) is 30.2. The molecule has 0 spiro atoms. The molecule has 0 N–H and O–H groups in total.